The van der Waals surface area contributed by atoms with E-state index in [0.717, 1.165) is 30.8 Å². The summed E-state index contributed by atoms with van der Waals surface area (Å²) in [7, 11) is -2.83. The highest BCUT2D eigenvalue weighted by atomic mass is 32.2. The highest BCUT2D eigenvalue weighted by Gasteiger charge is 2.61. The van der Waals surface area contributed by atoms with E-state index in [2.05, 4.69) is 26.0 Å². The molecule has 69 heavy (non-hydrogen) atoms. The summed E-state index contributed by atoms with van der Waals surface area (Å²) < 4.78 is 48.1. The maximum Gasteiger partial charge on any atom is 0.407 e. The Bertz CT molecular complexity index is 2660. The fourth-order valence-electron chi connectivity index (χ4n) is 8.84. The fraction of sp³-hybridized carbons (Fsp3) is 0.520. The summed E-state index contributed by atoms with van der Waals surface area (Å²) in [6.45, 7) is 13.8. The van der Waals surface area contributed by atoms with Crippen LogP contribution in [-0.4, -0.2) is 103 Å². The van der Waals surface area contributed by atoms with E-state index in [9.17, 15) is 27.6 Å². The minimum absolute atomic E-state index is 0.0209. The molecular weight excluding hydrogens is 921 g/mol. The smallest absolute Gasteiger partial charge is 0.407 e. The third-order valence-corrected chi connectivity index (χ3v) is 14.3. The summed E-state index contributed by atoms with van der Waals surface area (Å²) >= 11 is 1.45. The Hall–Kier alpha value is -5.95. The Balaban J connectivity index is 1.22. The molecule has 4 aromatic rings. The molecule has 0 radical (unpaired) electrons. The fourth-order valence-corrected chi connectivity index (χ4v) is 10.9. The van der Waals surface area contributed by atoms with E-state index in [1.165, 1.54) is 22.3 Å². The molecule has 0 bridgehead atoms. The Kier molecular flexibility index (Phi) is 15.8. The summed E-state index contributed by atoms with van der Waals surface area (Å²) in [5.41, 5.74) is -0.291. The number of hydrogen-bond donors (Lipinski definition) is 5. The van der Waals surface area contributed by atoms with Crippen LogP contribution in [0.5, 0.6) is 11.5 Å². The first-order valence-corrected chi connectivity index (χ1v) is 26.2. The van der Waals surface area contributed by atoms with Crippen LogP contribution < -0.4 is 35.5 Å². The molecule has 0 spiro atoms. The van der Waals surface area contributed by atoms with Crippen LogP contribution in [0.25, 0.3) is 22.3 Å². The van der Waals surface area contributed by atoms with Crippen molar-refractivity contribution in [1.82, 2.24) is 30.2 Å². The lowest BCUT2D eigenvalue weighted by Gasteiger charge is -2.29. The molecule has 5 N–H and O–H groups in total. The van der Waals surface area contributed by atoms with Gasteiger partial charge in [0.25, 0.3) is 15.9 Å². The molecule has 3 aliphatic rings. The third kappa shape index (κ3) is 12.8. The number of hydrogen-bond acceptors (Lipinski definition) is 14. The second-order valence-electron chi connectivity index (χ2n) is 19.8. The second kappa shape index (κ2) is 21.4. The molecule has 1 aliphatic carbocycles. The van der Waals surface area contributed by atoms with Gasteiger partial charge in [-0.25, -0.2) is 27.9 Å². The molecule has 372 valence electrons. The molecule has 2 aromatic carbocycles. The van der Waals surface area contributed by atoms with E-state index in [-0.39, 0.29) is 42.7 Å². The van der Waals surface area contributed by atoms with Crippen LogP contribution in [-0.2, 0) is 29.1 Å². The number of carbonyl (C=O) groups excluding carboxylic acids is 4. The maximum absolute atomic E-state index is 14.9. The van der Waals surface area contributed by atoms with Gasteiger partial charge in [0, 0.05) is 60.3 Å². The molecule has 5 atom stereocenters. The average molecular weight is 987 g/mol. The molecule has 0 unspecified atom stereocenters. The minimum Gasteiger partial charge on any atom is -0.497 e. The highest BCUT2D eigenvalue weighted by molar-refractivity contribution is 7.90. The number of likely N-dealkylation sites (tertiary alicyclic amines) is 1. The zero-order valence-electron chi connectivity index (χ0n) is 40.7. The van der Waals surface area contributed by atoms with Crippen LogP contribution >= 0.6 is 11.3 Å². The zero-order chi connectivity index (χ0) is 49.7. The number of pyridine rings is 1. The van der Waals surface area contributed by atoms with Crippen molar-refractivity contribution in [3.8, 4) is 22.9 Å². The van der Waals surface area contributed by atoms with Crippen molar-refractivity contribution in [3.05, 3.63) is 66.1 Å². The van der Waals surface area contributed by atoms with Gasteiger partial charge in [0.1, 0.15) is 45.4 Å². The topological polar surface area (TPSA) is 219 Å². The van der Waals surface area contributed by atoms with Crippen molar-refractivity contribution in [1.29, 1.82) is 0 Å². The summed E-state index contributed by atoms with van der Waals surface area (Å²) in [5.74, 6) is -1.34. The number of allylic oxidation sites excluding steroid dienone is 1. The lowest BCUT2D eigenvalue weighted by atomic mass is 10.0. The number of nitrogens with zero attached hydrogens (tertiary/aromatic N) is 3. The number of ether oxygens (including phenoxy) is 3. The van der Waals surface area contributed by atoms with E-state index in [1.807, 2.05) is 51.3 Å². The third-order valence-electron chi connectivity index (χ3n) is 12.1. The van der Waals surface area contributed by atoms with E-state index in [4.69, 9.17) is 24.2 Å². The maximum atomic E-state index is 14.9. The second-order valence-corrected chi connectivity index (χ2v) is 22.4. The van der Waals surface area contributed by atoms with Gasteiger partial charge in [-0.2, -0.15) is 0 Å². The quantitative estimate of drug-likeness (QED) is 0.0809. The number of methoxy groups -OCH3 is 1. The Morgan fingerprint density at radius 2 is 1.80 bits per heavy atom. The number of thiazole rings is 1. The Morgan fingerprint density at radius 3 is 2.54 bits per heavy atom. The van der Waals surface area contributed by atoms with Gasteiger partial charge >= 0.3 is 6.09 Å². The lowest BCUT2D eigenvalue weighted by Crippen LogP contribution is -2.56. The first-order valence-electron chi connectivity index (χ1n) is 23.8. The minimum atomic E-state index is -4.40. The number of carbonyl (C=O) groups is 4. The van der Waals surface area contributed by atoms with E-state index >= 15 is 0 Å². The summed E-state index contributed by atoms with van der Waals surface area (Å²) in [4.78, 5) is 68.1. The normalized spacial score (nSPS) is 22.0. The van der Waals surface area contributed by atoms with Crippen LogP contribution in [0.2, 0.25) is 0 Å². The first-order chi connectivity index (χ1) is 32.7. The number of fused-ring (bicyclic) bond motifs is 3. The van der Waals surface area contributed by atoms with Gasteiger partial charge in [0.05, 0.1) is 30.6 Å². The van der Waals surface area contributed by atoms with Gasteiger partial charge < -0.3 is 40.4 Å². The zero-order valence-corrected chi connectivity index (χ0v) is 42.4. The van der Waals surface area contributed by atoms with Gasteiger partial charge in [-0.05, 0) is 96.9 Å². The Labute approximate surface area is 409 Å². The van der Waals surface area contributed by atoms with Gasteiger partial charge in [-0.1, -0.05) is 44.6 Å². The van der Waals surface area contributed by atoms with Crippen molar-refractivity contribution in [2.24, 2.45) is 11.8 Å². The standard InChI is InChI=1S/C50H66N8O9S2/c1-30(2)22-33(53-48(62)67-49(5,6)7)23-44(59)58-28-35(66-42-26-39(40-29-68-47(55-40)52-31(3)4)54-38-24-34(65-8)19-20-36(38)42)25-41(58)45(60)56-50-27-32(50)16-12-10-9-11-15-21-51-37-17-13-14-18-43(37)69(63,64)57-46(50)61/h12-14,16-20,24,26,29-33,35,41,51H,9-11,15,21-23,25,27-28H2,1-8H3,(H,52,55)(H,53,62)(H,56,60)(H,57,61)/t32-,33+,35-,41+,50-/m1/s1. The highest BCUT2D eigenvalue weighted by Crippen LogP contribution is 2.46. The Morgan fingerprint density at radius 1 is 1.01 bits per heavy atom. The van der Waals surface area contributed by atoms with Crippen LogP contribution in [0, 0.1) is 11.8 Å². The van der Waals surface area contributed by atoms with Crippen molar-refractivity contribution in [2.45, 2.75) is 140 Å². The molecule has 4 heterocycles. The SMILES string of the molecule is COc1ccc2c(O[C@@H]3C[C@@H](C(=O)N[C@]45C[C@H]4C=CCCCCCNc4ccccc4S(=O)(=O)NC5=O)N(C(=O)C[C@H](CC(C)C)NC(=O)OC(C)(C)C)C3)cc(-c3csc(NC(C)C)n3)nc2c1. The number of benzene rings is 2. The summed E-state index contributed by atoms with van der Waals surface area (Å²) in [6, 6.07) is 12.0. The molecule has 2 aromatic heterocycles. The predicted molar refractivity (Wildman–Crippen MR) is 267 cm³/mol. The molecular formula is C50H66N8O9S2. The van der Waals surface area contributed by atoms with Gasteiger partial charge in [-0.15, -0.1) is 11.3 Å². The summed E-state index contributed by atoms with van der Waals surface area (Å²) in [5, 5.41) is 15.7. The van der Waals surface area contributed by atoms with Crippen LogP contribution in [0.15, 0.2) is 71.0 Å². The monoisotopic (exact) mass is 986 g/mol. The molecule has 2 aliphatic heterocycles. The van der Waals surface area contributed by atoms with Gasteiger partial charge in [-0.3, -0.25) is 14.4 Å². The molecule has 2 fully saturated rings. The van der Waals surface area contributed by atoms with Gasteiger partial charge in [0.15, 0.2) is 5.13 Å². The van der Waals surface area contributed by atoms with Crippen molar-refractivity contribution in [3.63, 3.8) is 0 Å². The molecule has 1 saturated heterocycles. The van der Waals surface area contributed by atoms with Crippen molar-refractivity contribution < 1.29 is 41.8 Å². The molecule has 7 rings (SSSR count). The predicted octanol–water partition coefficient (Wildman–Crippen LogP) is 7.79. The van der Waals surface area contributed by atoms with Gasteiger partial charge in [0.2, 0.25) is 11.8 Å². The van der Waals surface area contributed by atoms with E-state index in [1.54, 1.807) is 64.3 Å². The lowest BCUT2D eigenvalue weighted by molar-refractivity contribution is -0.140. The number of anilines is 2. The molecule has 4 amide bonds. The van der Waals surface area contributed by atoms with E-state index in [0.29, 0.717) is 52.4 Å². The average Bonchev–Trinajstić information content (AvgIpc) is 3.53. The molecule has 17 nitrogen and oxygen atoms in total. The number of sulfonamides is 1. The molecule has 19 heteroatoms. The number of rotatable bonds is 13. The van der Waals surface area contributed by atoms with E-state index < -0.39 is 69.1 Å². The van der Waals surface area contributed by atoms with Crippen LogP contribution in [0.4, 0.5) is 15.6 Å². The largest absolute Gasteiger partial charge is 0.497 e. The number of alkyl carbamates (subject to hydrolysis) is 1. The number of aromatic nitrogens is 2. The molecule has 1 saturated carbocycles. The number of para-hydroxylation sites is 1. The first kappa shape index (κ1) is 50.9. The van der Waals surface area contributed by atoms with Crippen molar-refractivity contribution in [2.75, 3.05) is 30.8 Å². The van der Waals surface area contributed by atoms with Crippen LogP contribution in [0.3, 0.4) is 0 Å². The van der Waals surface area contributed by atoms with Crippen molar-refractivity contribution >= 4 is 66.9 Å². The van der Waals surface area contributed by atoms with Crippen LogP contribution in [0.1, 0.15) is 99.8 Å². The number of nitrogens with one attached hydrogen (secondary N) is 5. The summed E-state index contributed by atoms with van der Waals surface area (Å²) in [6.07, 6.45) is 6.25. The number of amides is 4.